The van der Waals surface area contributed by atoms with Gasteiger partial charge < -0.3 is 16.6 Å². The van der Waals surface area contributed by atoms with Crippen LogP contribution in [0.4, 0.5) is 0 Å². The summed E-state index contributed by atoms with van der Waals surface area (Å²) in [5, 5.41) is 16.6. The minimum Gasteiger partial charge on any atom is -0.507 e. The SMILES string of the molecule is NC(N)=NN=Cc1c(O)cccc1Cl. The molecule has 0 aliphatic carbocycles. The molecule has 1 rings (SSSR count). The summed E-state index contributed by atoms with van der Waals surface area (Å²) in [6, 6.07) is 4.73. The fourth-order valence-corrected chi connectivity index (χ4v) is 1.03. The van der Waals surface area contributed by atoms with E-state index in [1.54, 1.807) is 12.1 Å². The van der Waals surface area contributed by atoms with Crippen molar-refractivity contribution in [3.05, 3.63) is 28.8 Å². The standard InChI is InChI=1S/C8H9ClN4O/c9-6-2-1-3-7(14)5(6)4-12-13-8(10)11/h1-4,14H,(H4,10,11,13). The van der Waals surface area contributed by atoms with Gasteiger partial charge in [0.25, 0.3) is 0 Å². The maximum atomic E-state index is 9.37. The van der Waals surface area contributed by atoms with E-state index in [0.717, 1.165) is 0 Å². The normalized spacial score (nSPS) is 10.4. The largest absolute Gasteiger partial charge is 0.507 e. The van der Waals surface area contributed by atoms with Crippen LogP contribution in [0.2, 0.25) is 5.02 Å². The van der Waals surface area contributed by atoms with Crippen molar-refractivity contribution >= 4 is 23.8 Å². The summed E-state index contributed by atoms with van der Waals surface area (Å²) < 4.78 is 0. The number of halogens is 1. The summed E-state index contributed by atoms with van der Waals surface area (Å²) in [7, 11) is 0. The second-order valence-electron chi connectivity index (χ2n) is 2.44. The molecule has 0 atom stereocenters. The zero-order valence-electron chi connectivity index (χ0n) is 7.18. The number of rotatable bonds is 2. The van der Waals surface area contributed by atoms with Gasteiger partial charge in [0.2, 0.25) is 5.96 Å². The van der Waals surface area contributed by atoms with Crippen molar-refractivity contribution in [3.8, 4) is 5.75 Å². The molecule has 0 amide bonds. The van der Waals surface area contributed by atoms with Crippen molar-refractivity contribution in [2.24, 2.45) is 21.7 Å². The Labute approximate surface area is 85.7 Å². The summed E-state index contributed by atoms with van der Waals surface area (Å²) in [4.78, 5) is 0. The van der Waals surface area contributed by atoms with E-state index in [2.05, 4.69) is 10.2 Å². The van der Waals surface area contributed by atoms with Crippen molar-refractivity contribution in [2.45, 2.75) is 0 Å². The number of phenolic OH excluding ortho intramolecular Hbond substituents is 1. The van der Waals surface area contributed by atoms with Crippen molar-refractivity contribution in [3.63, 3.8) is 0 Å². The van der Waals surface area contributed by atoms with Gasteiger partial charge in [0.15, 0.2) is 0 Å². The number of phenols is 1. The molecule has 0 aromatic heterocycles. The highest BCUT2D eigenvalue weighted by molar-refractivity contribution is 6.33. The van der Waals surface area contributed by atoms with Gasteiger partial charge in [-0.2, -0.15) is 5.10 Å². The van der Waals surface area contributed by atoms with E-state index in [-0.39, 0.29) is 11.7 Å². The summed E-state index contributed by atoms with van der Waals surface area (Å²) in [6.07, 6.45) is 1.28. The smallest absolute Gasteiger partial charge is 0.211 e. The first-order valence-electron chi connectivity index (χ1n) is 3.70. The Morgan fingerprint density at radius 1 is 1.43 bits per heavy atom. The van der Waals surface area contributed by atoms with Crippen molar-refractivity contribution in [1.29, 1.82) is 0 Å². The van der Waals surface area contributed by atoms with Gasteiger partial charge in [0, 0.05) is 0 Å². The quantitative estimate of drug-likeness (QED) is 0.382. The lowest BCUT2D eigenvalue weighted by molar-refractivity contribution is 0.474. The van der Waals surface area contributed by atoms with Crippen molar-refractivity contribution in [2.75, 3.05) is 0 Å². The summed E-state index contributed by atoms with van der Waals surface area (Å²) in [6.45, 7) is 0. The molecule has 14 heavy (non-hydrogen) atoms. The summed E-state index contributed by atoms with van der Waals surface area (Å²) in [5.74, 6) is -0.139. The Kier molecular flexibility index (Phi) is 3.30. The predicted octanol–water partition coefficient (Wildman–Crippen LogP) is 0.653. The molecule has 0 fully saturated rings. The summed E-state index contributed by atoms with van der Waals surface area (Å²) in [5.41, 5.74) is 10.5. The average Bonchev–Trinajstić information content (AvgIpc) is 2.09. The van der Waals surface area contributed by atoms with Crippen LogP contribution in [0.25, 0.3) is 0 Å². The van der Waals surface area contributed by atoms with Crippen LogP contribution in [0.3, 0.4) is 0 Å². The minimum absolute atomic E-state index is 0.0204. The van der Waals surface area contributed by atoms with Crippen LogP contribution in [-0.4, -0.2) is 17.3 Å². The van der Waals surface area contributed by atoms with Crippen molar-refractivity contribution < 1.29 is 5.11 Å². The fraction of sp³-hybridized carbons (Fsp3) is 0. The molecule has 0 saturated carbocycles. The lowest BCUT2D eigenvalue weighted by Crippen LogP contribution is -2.21. The third-order valence-electron chi connectivity index (χ3n) is 1.39. The molecular weight excluding hydrogens is 204 g/mol. The zero-order valence-corrected chi connectivity index (χ0v) is 7.94. The average molecular weight is 213 g/mol. The van der Waals surface area contributed by atoms with E-state index in [0.29, 0.717) is 10.6 Å². The van der Waals surface area contributed by atoms with Gasteiger partial charge in [0.05, 0.1) is 16.8 Å². The molecule has 0 saturated heterocycles. The van der Waals surface area contributed by atoms with E-state index in [1.165, 1.54) is 12.3 Å². The van der Waals surface area contributed by atoms with E-state index >= 15 is 0 Å². The van der Waals surface area contributed by atoms with Gasteiger partial charge >= 0.3 is 0 Å². The van der Waals surface area contributed by atoms with Crippen LogP contribution in [0.15, 0.2) is 28.4 Å². The number of hydrogen-bond acceptors (Lipinski definition) is 3. The molecule has 0 unspecified atom stereocenters. The van der Waals surface area contributed by atoms with Gasteiger partial charge in [0.1, 0.15) is 5.75 Å². The third-order valence-corrected chi connectivity index (χ3v) is 1.72. The van der Waals surface area contributed by atoms with Crippen LogP contribution >= 0.6 is 11.6 Å². The highest BCUT2D eigenvalue weighted by Crippen LogP contribution is 2.22. The molecule has 5 N–H and O–H groups in total. The van der Waals surface area contributed by atoms with Gasteiger partial charge in [-0.1, -0.05) is 17.7 Å². The molecule has 0 aliphatic heterocycles. The number of benzene rings is 1. The molecular formula is C8H9ClN4O. The van der Waals surface area contributed by atoms with Crippen LogP contribution in [0.5, 0.6) is 5.75 Å². The Morgan fingerprint density at radius 3 is 2.71 bits per heavy atom. The van der Waals surface area contributed by atoms with Crippen LogP contribution in [0, 0.1) is 0 Å². The lowest BCUT2D eigenvalue weighted by Gasteiger charge is -1.98. The van der Waals surface area contributed by atoms with Gasteiger partial charge in [-0.3, -0.25) is 0 Å². The molecule has 6 heteroatoms. The number of aromatic hydroxyl groups is 1. The van der Waals surface area contributed by atoms with Crippen LogP contribution in [-0.2, 0) is 0 Å². The number of hydrogen-bond donors (Lipinski definition) is 3. The van der Waals surface area contributed by atoms with Crippen molar-refractivity contribution in [1.82, 2.24) is 0 Å². The highest BCUT2D eigenvalue weighted by atomic mass is 35.5. The second-order valence-corrected chi connectivity index (χ2v) is 2.85. The maximum Gasteiger partial charge on any atom is 0.211 e. The van der Waals surface area contributed by atoms with E-state index < -0.39 is 0 Å². The molecule has 0 heterocycles. The number of nitrogens with zero attached hydrogens (tertiary/aromatic N) is 2. The zero-order chi connectivity index (χ0) is 10.6. The lowest BCUT2D eigenvalue weighted by atomic mass is 10.2. The monoisotopic (exact) mass is 212 g/mol. The number of nitrogens with two attached hydrogens (primary N) is 2. The first-order chi connectivity index (χ1) is 6.61. The third kappa shape index (κ3) is 2.63. The second kappa shape index (κ2) is 4.48. The maximum absolute atomic E-state index is 9.37. The van der Waals surface area contributed by atoms with Crippen LogP contribution in [0.1, 0.15) is 5.56 Å². The predicted molar refractivity (Wildman–Crippen MR) is 56.5 cm³/mol. The van der Waals surface area contributed by atoms with Gasteiger partial charge in [-0.25, -0.2) is 0 Å². The summed E-state index contributed by atoms with van der Waals surface area (Å²) >= 11 is 5.78. The molecule has 0 bridgehead atoms. The number of guanidine groups is 1. The van der Waals surface area contributed by atoms with Gasteiger partial charge in [-0.05, 0) is 12.1 Å². The fourth-order valence-electron chi connectivity index (χ4n) is 0.807. The molecule has 0 aliphatic rings. The van der Waals surface area contributed by atoms with Gasteiger partial charge in [-0.15, -0.1) is 5.10 Å². The first kappa shape index (κ1) is 10.3. The van der Waals surface area contributed by atoms with Crippen LogP contribution < -0.4 is 11.5 Å². The Bertz CT molecular complexity index is 365. The minimum atomic E-state index is -0.159. The molecule has 5 nitrogen and oxygen atoms in total. The van der Waals surface area contributed by atoms with E-state index in [4.69, 9.17) is 23.1 Å². The highest BCUT2D eigenvalue weighted by Gasteiger charge is 2.01. The molecule has 0 radical (unpaired) electrons. The molecule has 0 spiro atoms. The molecule has 1 aromatic rings. The Balaban J connectivity index is 2.97. The molecule has 74 valence electrons. The first-order valence-corrected chi connectivity index (χ1v) is 4.08. The van der Waals surface area contributed by atoms with E-state index in [1.807, 2.05) is 0 Å². The van der Waals surface area contributed by atoms with E-state index in [9.17, 15) is 5.11 Å². The molecule has 1 aromatic carbocycles. The Morgan fingerprint density at radius 2 is 2.14 bits per heavy atom. The topological polar surface area (TPSA) is 97.0 Å². The Hall–Kier alpha value is -1.75.